The Morgan fingerprint density at radius 2 is 2.20 bits per heavy atom. The normalized spacial score (nSPS) is 17.1. The number of nitrogens with two attached hydrogens (primary N) is 1. The Balaban J connectivity index is 2.44. The van der Waals surface area contributed by atoms with E-state index in [0.717, 1.165) is 18.9 Å². The Hall–Kier alpha value is -1.60. The molecule has 2 rings (SSSR count). The van der Waals surface area contributed by atoms with Gasteiger partial charge >= 0.3 is 0 Å². The van der Waals surface area contributed by atoms with Crippen molar-refractivity contribution in [3.8, 4) is 11.8 Å². The monoisotopic (exact) mass is 206 g/mol. The van der Waals surface area contributed by atoms with Crippen molar-refractivity contribution in [1.29, 1.82) is 5.26 Å². The van der Waals surface area contributed by atoms with E-state index in [4.69, 9.17) is 11.0 Å². The molecule has 0 aromatic heterocycles. The number of benzene rings is 1. The van der Waals surface area contributed by atoms with Crippen molar-refractivity contribution >= 4 is 0 Å². The first-order valence-electron chi connectivity index (χ1n) is 4.81. The Kier molecular flexibility index (Phi) is 2.33. The second kappa shape index (κ2) is 3.52. The number of aromatic hydroxyl groups is 1. The molecule has 15 heavy (non-hydrogen) atoms. The van der Waals surface area contributed by atoms with E-state index in [2.05, 4.69) is 0 Å². The highest BCUT2D eigenvalue weighted by atomic mass is 19.1. The van der Waals surface area contributed by atoms with Gasteiger partial charge in [0.15, 0.2) is 11.6 Å². The van der Waals surface area contributed by atoms with Gasteiger partial charge in [-0.05, 0) is 30.9 Å². The fourth-order valence-corrected chi connectivity index (χ4v) is 1.65. The van der Waals surface area contributed by atoms with Gasteiger partial charge in [-0.3, -0.25) is 0 Å². The minimum absolute atomic E-state index is 0.191. The predicted molar refractivity (Wildman–Crippen MR) is 52.4 cm³/mol. The molecule has 3 N–H and O–H groups in total. The van der Waals surface area contributed by atoms with E-state index in [-0.39, 0.29) is 11.6 Å². The second-order valence-corrected chi connectivity index (χ2v) is 3.87. The van der Waals surface area contributed by atoms with Gasteiger partial charge in [-0.2, -0.15) is 5.26 Å². The summed E-state index contributed by atoms with van der Waals surface area (Å²) >= 11 is 0. The average Bonchev–Trinajstić information content (AvgIpc) is 3.04. The van der Waals surface area contributed by atoms with Gasteiger partial charge in [0, 0.05) is 11.6 Å². The third kappa shape index (κ3) is 1.79. The lowest BCUT2D eigenvalue weighted by atomic mass is 10.00. The molecule has 1 aliphatic rings. The van der Waals surface area contributed by atoms with E-state index in [9.17, 15) is 9.50 Å². The maximum absolute atomic E-state index is 13.2. The number of nitrogens with zero attached hydrogens (tertiary/aromatic N) is 1. The van der Waals surface area contributed by atoms with Gasteiger partial charge < -0.3 is 10.8 Å². The van der Waals surface area contributed by atoms with Gasteiger partial charge in [0.05, 0.1) is 11.6 Å². The van der Waals surface area contributed by atoms with Crippen LogP contribution in [0.15, 0.2) is 12.1 Å². The smallest absolute Gasteiger partial charge is 0.166 e. The van der Waals surface area contributed by atoms with Gasteiger partial charge in [0.25, 0.3) is 0 Å². The van der Waals surface area contributed by atoms with Crippen LogP contribution in [0.4, 0.5) is 4.39 Å². The average molecular weight is 206 g/mol. The van der Waals surface area contributed by atoms with Crippen LogP contribution in [0, 0.1) is 23.1 Å². The van der Waals surface area contributed by atoms with Crippen molar-refractivity contribution in [2.75, 3.05) is 0 Å². The van der Waals surface area contributed by atoms with E-state index in [1.165, 1.54) is 6.07 Å². The highest BCUT2D eigenvalue weighted by Crippen LogP contribution is 2.42. The number of rotatable bonds is 2. The molecule has 0 radical (unpaired) electrons. The molecule has 1 aromatic rings. The van der Waals surface area contributed by atoms with Crippen LogP contribution in [-0.4, -0.2) is 5.11 Å². The van der Waals surface area contributed by atoms with Crippen molar-refractivity contribution < 1.29 is 9.50 Å². The summed E-state index contributed by atoms with van der Waals surface area (Å²) in [6.07, 6.45) is 2.00. The molecule has 1 saturated carbocycles. The standard InChI is InChI=1S/C11H11FN2O/c12-9-4-6(5-13)3-8(11(9)15)10(14)7-1-2-7/h3-4,7,10,15H,1-2,14H2/t10-/m1/s1. The Morgan fingerprint density at radius 1 is 1.53 bits per heavy atom. The third-order valence-electron chi connectivity index (χ3n) is 2.71. The molecule has 3 nitrogen and oxygen atoms in total. The lowest BCUT2D eigenvalue weighted by Crippen LogP contribution is -2.13. The molecule has 1 aromatic carbocycles. The molecular weight excluding hydrogens is 195 g/mol. The molecule has 4 heteroatoms. The van der Waals surface area contributed by atoms with Crippen LogP contribution in [-0.2, 0) is 0 Å². The molecule has 1 atom stereocenters. The summed E-state index contributed by atoms with van der Waals surface area (Å²) in [5.41, 5.74) is 6.39. The number of hydrogen-bond acceptors (Lipinski definition) is 3. The maximum atomic E-state index is 13.2. The third-order valence-corrected chi connectivity index (χ3v) is 2.71. The summed E-state index contributed by atoms with van der Waals surface area (Å²) in [6, 6.07) is 3.95. The fraction of sp³-hybridized carbons (Fsp3) is 0.364. The van der Waals surface area contributed by atoms with E-state index < -0.39 is 11.6 Å². The molecule has 0 unspecified atom stereocenters. The van der Waals surface area contributed by atoms with E-state index in [1.807, 2.05) is 6.07 Å². The summed E-state index contributed by atoms with van der Waals surface area (Å²) in [4.78, 5) is 0. The van der Waals surface area contributed by atoms with Crippen LogP contribution in [0.3, 0.4) is 0 Å². The largest absolute Gasteiger partial charge is 0.505 e. The van der Waals surface area contributed by atoms with Crippen LogP contribution in [0.1, 0.15) is 30.0 Å². The first kappa shape index (κ1) is 9.94. The molecule has 0 spiro atoms. The number of phenols is 1. The summed E-state index contributed by atoms with van der Waals surface area (Å²) in [6.45, 7) is 0. The van der Waals surface area contributed by atoms with Gasteiger partial charge in [-0.1, -0.05) is 0 Å². The Labute approximate surface area is 86.9 Å². The first-order valence-corrected chi connectivity index (χ1v) is 4.81. The van der Waals surface area contributed by atoms with E-state index in [1.54, 1.807) is 0 Å². The van der Waals surface area contributed by atoms with Gasteiger partial charge in [-0.15, -0.1) is 0 Å². The molecule has 0 amide bonds. The van der Waals surface area contributed by atoms with Crippen LogP contribution < -0.4 is 5.73 Å². The lowest BCUT2D eigenvalue weighted by Gasteiger charge is -2.13. The summed E-state index contributed by atoms with van der Waals surface area (Å²) in [5, 5.41) is 18.2. The lowest BCUT2D eigenvalue weighted by molar-refractivity contribution is 0.416. The fourth-order valence-electron chi connectivity index (χ4n) is 1.65. The second-order valence-electron chi connectivity index (χ2n) is 3.87. The summed E-state index contributed by atoms with van der Waals surface area (Å²) in [5.74, 6) is -0.891. The molecule has 0 heterocycles. The molecular formula is C11H11FN2O. The van der Waals surface area contributed by atoms with Crippen molar-refractivity contribution in [2.24, 2.45) is 11.7 Å². The van der Waals surface area contributed by atoms with Crippen molar-refractivity contribution in [3.63, 3.8) is 0 Å². The maximum Gasteiger partial charge on any atom is 0.166 e. The zero-order valence-corrected chi connectivity index (χ0v) is 8.07. The number of phenolic OH excluding ortho intramolecular Hbond substituents is 1. The van der Waals surface area contributed by atoms with E-state index >= 15 is 0 Å². The Morgan fingerprint density at radius 3 is 2.73 bits per heavy atom. The number of nitriles is 1. The van der Waals surface area contributed by atoms with Gasteiger partial charge in [-0.25, -0.2) is 4.39 Å². The highest BCUT2D eigenvalue weighted by molar-refractivity contribution is 5.44. The topological polar surface area (TPSA) is 70.0 Å². The quantitative estimate of drug-likeness (QED) is 0.775. The van der Waals surface area contributed by atoms with Crippen LogP contribution in [0.5, 0.6) is 5.75 Å². The molecule has 0 bridgehead atoms. The molecule has 78 valence electrons. The van der Waals surface area contributed by atoms with E-state index in [0.29, 0.717) is 11.5 Å². The minimum atomic E-state index is -0.778. The predicted octanol–water partition coefficient (Wildman–Crippen LogP) is 1.81. The van der Waals surface area contributed by atoms with Crippen molar-refractivity contribution in [3.05, 3.63) is 29.1 Å². The SMILES string of the molecule is N#Cc1cc(F)c(O)c([C@H](N)C2CC2)c1. The number of halogens is 1. The first-order chi connectivity index (χ1) is 7.13. The van der Waals surface area contributed by atoms with Crippen LogP contribution in [0.25, 0.3) is 0 Å². The highest BCUT2D eigenvalue weighted by Gasteiger charge is 2.31. The van der Waals surface area contributed by atoms with Crippen molar-refractivity contribution in [1.82, 2.24) is 0 Å². The minimum Gasteiger partial charge on any atom is -0.505 e. The van der Waals surface area contributed by atoms with Gasteiger partial charge in [0.2, 0.25) is 0 Å². The molecule has 0 saturated heterocycles. The zero-order valence-electron chi connectivity index (χ0n) is 8.07. The van der Waals surface area contributed by atoms with Gasteiger partial charge in [0.1, 0.15) is 0 Å². The number of hydrogen-bond donors (Lipinski definition) is 2. The Bertz CT molecular complexity index is 435. The summed E-state index contributed by atoms with van der Waals surface area (Å²) in [7, 11) is 0. The van der Waals surface area contributed by atoms with Crippen LogP contribution >= 0.6 is 0 Å². The van der Waals surface area contributed by atoms with Crippen molar-refractivity contribution in [2.45, 2.75) is 18.9 Å². The zero-order chi connectivity index (χ0) is 11.0. The molecule has 1 fully saturated rings. The molecule has 0 aliphatic heterocycles. The summed E-state index contributed by atoms with van der Waals surface area (Å²) < 4.78 is 13.2. The van der Waals surface area contributed by atoms with Crippen LogP contribution in [0.2, 0.25) is 0 Å². The molecule has 1 aliphatic carbocycles.